The van der Waals surface area contributed by atoms with Gasteiger partial charge in [-0.1, -0.05) is 0 Å². The van der Waals surface area contributed by atoms with Crippen LogP contribution in [0.25, 0.3) is 0 Å². The first-order valence-corrected chi connectivity index (χ1v) is 9.01. The fourth-order valence-corrected chi connectivity index (χ4v) is 5.85. The minimum atomic E-state index is -5.63. The van der Waals surface area contributed by atoms with Crippen LogP contribution in [0.1, 0.15) is 32.1 Å². The number of carbonyl (C=O) groups is 2. The van der Waals surface area contributed by atoms with E-state index in [4.69, 9.17) is 4.55 Å². The van der Waals surface area contributed by atoms with Crippen LogP contribution in [0.4, 0.5) is 8.78 Å². The molecule has 4 saturated carbocycles. The third-order valence-electron chi connectivity index (χ3n) is 6.52. The van der Waals surface area contributed by atoms with Crippen LogP contribution in [0, 0.1) is 28.6 Å². The van der Waals surface area contributed by atoms with Crippen molar-refractivity contribution in [1.29, 1.82) is 0 Å². The minimum Gasteiger partial charge on any atom is -0.458 e. The molecule has 0 heterocycles. The van der Waals surface area contributed by atoms with Crippen molar-refractivity contribution < 1.29 is 36.1 Å². The Morgan fingerprint density at radius 2 is 2.04 bits per heavy atom. The van der Waals surface area contributed by atoms with Gasteiger partial charge in [0, 0.05) is 11.8 Å². The van der Waals surface area contributed by atoms with E-state index in [1.165, 1.54) is 0 Å². The van der Waals surface area contributed by atoms with Crippen molar-refractivity contribution in [3.05, 3.63) is 0 Å². The second kappa shape index (κ2) is 4.11. The maximum atomic E-state index is 13.2. The number of ether oxygens (including phenoxy) is 1. The molecule has 0 radical (unpaired) electrons. The third kappa shape index (κ3) is 1.77. The molecule has 1 spiro atoms. The Kier molecular flexibility index (Phi) is 2.76. The van der Waals surface area contributed by atoms with E-state index in [-0.39, 0.29) is 29.0 Å². The van der Waals surface area contributed by atoms with Crippen molar-refractivity contribution in [2.75, 3.05) is 6.61 Å². The van der Waals surface area contributed by atoms with E-state index in [1.807, 2.05) is 0 Å². The lowest BCUT2D eigenvalue weighted by Gasteiger charge is -2.47. The summed E-state index contributed by atoms with van der Waals surface area (Å²) in [5, 5.41) is -4.53. The minimum absolute atomic E-state index is 0.00562. The number of hydrogen-bond donors (Lipinski definition) is 1. The molecule has 0 aromatic rings. The molecule has 1 N–H and O–H groups in total. The molecule has 4 fully saturated rings. The molecule has 0 amide bonds. The first kappa shape index (κ1) is 15.4. The average Bonchev–Trinajstić information content (AvgIpc) is 2.71. The zero-order chi connectivity index (χ0) is 16.8. The molecule has 3 bridgehead atoms. The summed E-state index contributed by atoms with van der Waals surface area (Å²) < 4.78 is 60.7. The number of halogens is 2. The first-order chi connectivity index (χ1) is 10.5. The fourth-order valence-electron chi connectivity index (χ4n) is 5.65. The number of esters is 1. The third-order valence-corrected chi connectivity index (χ3v) is 7.40. The number of rotatable bonds is 4. The summed E-state index contributed by atoms with van der Waals surface area (Å²) in [7, 11) is -5.63. The molecule has 0 saturated heterocycles. The number of fused-ring (bicyclic) bond motifs is 2. The summed E-state index contributed by atoms with van der Waals surface area (Å²) in [6, 6.07) is 0. The lowest BCUT2D eigenvalue weighted by atomic mass is 9.55. The Morgan fingerprint density at radius 1 is 1.35 bits per heavy atom. The standard InChI is InChI=1S/C14H16F2O6S/c15-14(16,23(19,20)21)6-22-11(18)12-2-7-3-13(5-12)8(4-12)1-9(13)10(7)17/h7-9H,1-6H2,(H,19,20,21). The molecule has 6 nitrogen and oxygen atoms in total. The second-order valence-electron chi connectivity index (χ2n) is 7.58. The number of Topliss-reactive ketones (excluding diaryl/α,β-unsaturated/α-hetero) is 1. The molecular formula is C14H16F2O6S. The highest BCUT2D eigenvalue weighted by atomic mass is 32.2. The van der Waals surface area contributed by atoms with Crippen molar-refractivity contribution in [3.63, 3.8) is 0 Å². The van der Waals surface area contributed by atoms with Gasteiger partial charge in [0.25, 0.3) is 0 Å². The maximum absolute atomic E-state index is 13.2. The van der Waals surface area contributed by atoms with Gasteiger partial charge >= 0.3 is 21.3 Å². The number of hydrogen-bond acceptors (Lipinski definition) is 5. The Bertz CT molecular complexity index is 719. The molecule has 0 aromatic carbocycles. The van der Waals surface area contributed by atoms with E-state index >= 15 is 0 Å². The summed E-state index contributed by atoms with van der Waals surface area (Å²) >= 11 is 0. The Hall–Kier alpha value is -1.09. The molecule has 0 aromatic heterocycles. The monoisotopic (exact) mass is 350 g/mol. The van der Waals surface area contributed by atoms with Crippen molar-refractivity contribution >= 4 is 21.9 Å². The van der Waals surface area contributed by atoms with E-state index in [2.05, 4.69) is 4.74 Å². The number of alkyl halides is 2. The van der Waals surface area contributed by atoms with E-state index in [1.54, 1.807) is 0 Å². The molecule has 5 unspecified atom stereocenters. The van der Waals surface area contributed by atoms with Crippen LogP contribution < -0.4 is 0 Å². The normalized spacial score (nSPS) is 44.1. The van der Waals surface area contributed by atoms with Crippen LogP contribution in [0.5, 0.6) is 0 Å². The predicted molar refractivity (Wildman–Crippen MR) is 70.9 cm³/mol. The van der Waals surface area contributed by atoms with Gasteiger partial charge in [0.2, 0.25) is 0 Å². The van der Waals surface area contributed by atoms with Crippen molar-refractivity contribution in [2.24, 2.45) is 28.6 Å². The zero-order valence-corrected chi connectivity index (χ0v) is 12.9. The summed E-state index contributed by atoms with van der Waals surface area (Å²) in [5.41, 5.74) is -1.12. The van der Waals surface area contributed by atoms with E-state index < -0.39 is 33.4 Å². The van der Waals surface area contributed by atoms with Gasteiger partial charge in [-0.2, -0.15) is 17.2 Å². The smallest absolute Gasteiger partial charge is 0.402 e. The number of ketones is 1. The van der Waals surface area contributed by atoms with Gasteiger partial charge in [-0.05, 0) is 43.4 Å². The van der Waals surface area contributed by atoms with E-state index in [0.717, 1.165) is 12.8 Å². The molecule has 4 aliphatic carbocycles. The highest BCUT2D eigenvalue weighted by Crippen LogP contribution is 2.77. The van der Waals surface area contributed by atoms with Crippen molar-refractivity contribution in [1.82, 2.24) is 0 Å². The summed E-state index contributed by atoms with van der Waals surface area (Å²) in [4.78, 5) is 24.6. The molecule has 5 atom stereocenters. The Labute approximate surface area is 131 Å². The maximum Gasteiger partial charge on any atom is 0.402 e. The molecular weight excluding hydrogens is 334 g/mol. The highest BCUT2D eigenvalue weighted by molar-refractivity contribution is 7.86. The van der Waals surface area contributed by atoms with E-state index in [9.17, 15) is 26.8 Å². The summed E-state index contributed by atoms with van der Waals surface area (Å²) in [6.45, 7) is -1.70. The van der Waals surface area contributed by atoms with E-state index in [0.29, 0.717) is 19.3 Å². The van der Waals surface area contributed by atoms with Crippen LogP contribution in [-0.4, -0.2) is 36.6 Å². The SMILES string of the molecule is O=C1C2CC3(C(=O)OCC(F)(F)S(=O)(=O)O)CC4CC1C4(C2)C3. The quantitative estimate of drug-likeness (QED) is 0.608. The topological polar surface area (TPSA) is 97.7 Å². The molecule has 4 rings (SSSR count). The van der Waals surface area contributed by atoms with Crippen LogP contribution in [0.3, 0.4) is 0 Å². The average molecular weight is 350 g/mol. The lowest BCUT2D eigenvalue weighted by molar-refractivity contribution is -0.164. The van der Waals surface area contributed by atoms with Gasteiger partial charge in [0.05, 0.1) is 5.41 Å². The first-order valence-electron chi connectivity index (χ1n) is 7.57. The predicted octanol–water partition coefficient (Wildman–Crippen LogP) is 1.41. The van der Waals surface area contributed by atoms with Gasteiger partial charge in [-0.15, -0.1) is 0 Å². The molecule has 23 heavy (non-hydrogen) atoms. The Balaban J connectivity index is 1.53. The van der Waals surface area contributed by atoms with Gasteiger partial charge in [0.15, 0.2) is 6.61 Å². The van der Waals surface area contributed by atoms with Crippen LogP contribution >= 0.6 is 0 Å². The largest absolute Gasteiger partial charge is 0.458 e. The van der Waals surface area contributed by atoms with Crippen LogP contribution in [0.15, 0.2) is 0 Å². The molecule has 9 heteroatoms. The van der Waals surface area contributed by atoms with Gasteiger partial charge < -0.3 is 4.74 Å². The fraction of sp³-hybridized carbons (Fsp3) is 0.857. The molecule has 128 valence electrons. The van der Waals surface area contributed by atoms with Gasteiger partial charge in [-0.3, -0.25) is 14.1 Å². The lowest BCUT2D eigenvalue weighted by Crippen LogP contribution is -2.44. The van der Waals surface area contributed by atoms with Gasteiger partial charge in [-0.25, -0.2) is 0 Å². The number of carbonyl (C=O) groups excluding carboxylic acids is 2. The van der Waals surface area contributed by atoms with Crippen LogP contribution in [0.2, 0.25) is 0 Å². The summed E-state index contributed by atoms with van der Waals surface area (Å²) in [6.07, 6.45) is 2.82. The molecule has 0 aliphatic heterocycles. The summed E-state index contributed by atoms with van der Waals surface area (Å²) in [5.74, 6) is -0.657. The van der Waals surface area contributed by atoms with Crippen molar-refractivity contribution in [3.8, 4) is 0 Å². The zero-order valence-electron chi connectivity index (χ0n) is 12.1. The Morgan fingerprint density at radius 3 is 2.70 bits per heavy atom. The van der Waals surface area contributed by atoms with Crippen LogP contribution in [-0.2, 0) is 24.4 Å². The van der Waals surface area contributed by atoms with Gasteiger partial charge in [0.1, 0.15) is 5.78 Å². The highest BCUT2D eigenvalue weighted by Gasteiger charge is 2.76. The second-order valence-corrected chi connectivity index (χ2v) is 9.12. The molecule has 4 aliphatic rings. The van der Waals surface area contributed by atoms with Crippen molar-refractivity contribution in [2.45, 2.75) is 37.4 Å².